The van der Waals surface area contributed by atoms with E-state index in [1.807, 2.05) is 0 Å². The maximum atomic E-state index is 14.8. The Labute approximate surface area is 217 Å². The minimum absolute atomic E-state index is 0.0232. The molecule has 2 atom stereocenters. The van der Waals surface area contributed by atoms with Crippen LogP contribution in [0.15, 0.2) is 59.5 Å². The number of carboxylic acids is 1. The molecule has 0 fully saturated rings. The molecule has 0 radical (unpaired) electrons. The number of carboxylic acid groups (broad SMARTS) is 1. The molecule has 0 amide bonds. The zero-order chi connectivity index (χ0) is 27.2. The number of pyridine rings is 1. The van der Waals surface area contributed by atoms with Crippen LogP contribution in [0, 0.1) is 11.7 Å². The van der Waals surface area contributed by atoms with Crippen molar-refractivity contribution in [3.63, 3.8) is 0 Å². The lowest BCUT2D eigenvalue weighted by molar-refractivity contribution is -0.146. The Morgan fingerprint density at radius 2 is 1.84 bits per heavy atom. The van der Waals surface area contributed by atoms with Crippen LogP contribution in [0.25, 0.3) is 22.0 Å². The van der Waals surface area contributed by atoms with Gasteiger partial charge < -0.3 is 19.7 Å². The molecule has 0 bridgehead atoms. The summed E-state index contributed by atoms with van der Waals surface area (Å²) in [5.74, 6) is -1.88. The van der Waals surface area contributed by atoms with Gasteiger partial charge in [-0.2, -0.15) is 0 Å². The number of aliphatic hydroxyl groups is 1. The van der Waals surface area contributed by atoms with E-state index >= 15 is 0 Å². The molecule has 0 aliphatic carbocycles. The zero-order valence-corrected chi connectivity index (χ0v) is 20.9. The van der Waals surface area contributed by atoms with Crippen LogP contribution in [0.3, 0.4) is 0 Å². The number of halogens is 1. The maximum Gasteiger partial charge on any atom is 0.309 e. The van der Waals surface area contributed by atoms with Gasteiger partial charge in [-0.05, 0) is 54.7 Å². The zero-order valence-electron chi connectivity index (χ0n) is 20.9. The molecule has 0 aliphatic heterocycles. The highest BCUT2D eigenvalue weighted by Crippen LogP contribution is 2.25. The van der Waals surface area contributed by atoms with Crippen molar-refractivity contribution in [3.8, 4) is 22.8 Å². The van der Waals surface area contributed by atoms with Gasteiger partial charge >= 0.3 is 5.97 Å². The van der Waals surface area contributed by atoms with Gasteiger partial charge in [0.15, 0.2) is 0 Å². The van der Waals surface area contributed by atoms with E-state index in [0.717, 1.165) is 4.68 Å². The number of carbonyl (C=O) groups is 1. The van der Waals surface area contributed by atoms with Crippen LogP contribution >= 0.6 is 0 Å². The third kappa shape index (κ3) is 5.94. The molecule has 38 heavy (non-hydrogen) atoms. The van der Waals surface area contributed by atoms with E-state index in [0.29, 0.717) is 39.2 Å². The van der Waals surface area contributed by atoms with Crippen molar-refractivity contribution in [3.05, 3.63) is 76.5 Å². The van der Waals surface area contributed by atoms with Gasteiger partial charge in [-0.1, -0.05) is 17.3 Å². The van der Waals surface area contributed by atoms with Gasteiger partial charge in [-0.15, -0.1) is 5.10 Å². The molecule has 2 aromatic heterocycles. The molecular formula is C27H27FN4O6. The molecule has 0 saturated heterocycles. The highest BCUT2D eigenvalue weighted by Gasteiger charge is 2.27. The second kappa shape index (κ2) is 11.8. The summed E-state index contributed by atoms with van der Waals surface area (Å²) < 4.78 is 26.0. The van der Waals surface area contributed by atoms with Gasteiger partial charge in [0, 0.05) is 30.4 Å². The van der Waals surface area contributed by atoms with Crippen molar-refractivity contribution >= 4 is 16.9 Å². The van der Waals surface area contributed by atoms with E-state index in [9.17, 15) is 24.2 Å². The fourth-order valence-corrected chi connectivity index (χ4v) is 4.18. The topological polar surface area (TPSA) is 137 Å². The van der Waals surface area contributed by atoms with E-state index in [1.165, 1.54) is 20.3 Å². The largest absolute Gasteiger partial charge is 0.497 e. The fraction of sp³-hybridized carbons (Fsp3) is 0.296. The molecule has 4 aromatic rings. The number of aliphatic carboxylic acids is 1. The molecule has 10 nitrogen and oxygen atoms in total. The minimum atomic E-state index is -1.26. The predicted octanol–water partition coefficient (Wildman–Crippen LogP) is 3.09. The summed E-state index contributed by atoms with van der Waals surface area (Å²) in [7, 11) is 3.01. The Hall–Kier alpha value is -4.38. The van der Waals surface area contributed by atoms with Crippen LogP contribution in [0.1, 0.15) is 18.4 Å². The van der Waals surface area contributed by atoms with Gasteiger partial charge in [0.25, 0.3) is 5.56 Å². The standard InChI is InChI=1S/C27H27FN4O6/c1-37-19-7-8-20-23(14-19)30-31-32(26(20)34)12-11-21(27(35)36)24(33)9-5-16-3-4-17(13-22(16)28)18-6-10-25(38-2)29-15-18/h3-4,6-8,10,13-15,21,24,33H,5,9,11-12H2,1-2H3,(H,35,36). The number of methoxy groups -OCH3 is 2. The van der Waals surface area contributed by atoms with Crippen molar-refractivity contribution in [1.29, 1.82) is 0 Å². The van der Waals surface area contributed by atoms with Crippen LogP contribution in [-0.4, -0.2) is 56.5 Å². The van der Waals surface area contributed by atoms with Gasteiger partial charge in [0.05, 0.1) is 31.6 Å². The first-order chi connectivity index (χ1) is 18.3. The number of hydrogen-bond acceptors (Lipinski definition) is 8. The Balaban J connectivity index is 1.40. The molecule has 4 rings (SSSR count). The van der Waals surface area contributed by atoms with Crippen molar-refractivity contribution in [2.45, 2.75) is 31.9 Å². The first kappa shape index (κ1) is 26.7. The number of fused-ring (bicyclic) bond motifs is 1. The summed E-state index contributed by atoms with van der Waals surface area (Å²) in [4.78, 5) is 28.7. The summed E-state index contributed by atoms with van der Waals surface area (Å²) in [5.41, 5.74) is 1.63. The predicted molar refractivity (Wildman–Crippen MR) is 137 cm³/mol. The minimum Gasteiger partial charge on any atom is -0.497 e. The number of rotatable bonds is 11. The third-order valence-corrected chi connectivity index (χ3v) is 6.41. The number of aromatic nitrogens is 4. The molecule has 2 N–H and O–H groups in total. The van der Waals surface area contributed by atoms with E-state index in [2.05, 4.69) is 15.3 Å². The quantitative estimate of drug-likeness (QED) is 0.304. The Bertz CT molecular complexity index is 1490. The molecule has 2 heterocycles. The monoisotopic (exact) mass is 522 g/mol. The number of ether oxygens (including phenoxy) is 2. The second-order valence-corrected chi connectivity index (χ2v) is 8.74. The van der Waals surface area contributed by atoms with Gasteiger partial charge in [-0.3, -0.25) is 9.59 Å². The van der Waals surface area contributed by atoms with Crippen molar-refractivity contribution in [1.82, 2.24) is 20.0 Å². The molecule has 0 aliphatic rings. The third-order valence-electron chi connectivity index (χ3n) is 6.41. The average Bonchev–Trinajstić information content (AvgIpc) is 2.93. The molecule has 2 aromatic carbocycles. The smallest absolute Gasteiger partial charge is 0.309 e. The lowest BCUT2D eigenvalue weighted by Crippen LogP contribution is -2.32. The number of aliphatic hydroxyl groups excluding tert-OH is 1. The fourth-order valence-electron chi connectivity index (χ4n) is 4.18. The summed E-state index contributed by atoms with van der Waals surface area (Å²) in [5, 5.41) is 28.5. The number of benzene rings is 2. The molecule has 0 spiro atoms. The SMILES string of the molecule is COc1ccc2c(=O)n(CCC(C(=O)O)C(O)CCc3ccc(-c4ccc(OC)nc4)cc3F)nnc2c1. The van der Waals surface area contributed by atoms with E-state index in [4.69, 9.17) is 9.47 Å². The molecular weight excluding hydrogens is 495 g/mol. The summed E-state index contributed by atoms with van der Waals surface area (Å²) >= 11 is 0. The average molecular weight is 523 g/mol. The molecule has 11 heteroatoms. The van der Waals surface area contributed by atoms with E-state index < -0.39 is 29.4 Å². The highest BCUT2D eigenvalue weighted by molar-refractivity contribution is 5.78. The van der Waals surface area contributed by atoms with Crippen LogP contribution in [0.2, 0.25) is 0 Å². The van der Waals surface area contributed by atoms with Crippen molar-refractivity contribution < 1.29 is 28.9 Å². The van der Waals surface area contributed by atoms with E-state index in [1.54, 1.807) is 48.7 Å². The maximum absolute atomic E-state index is 14.8. The Morgan fingerprint density at radius 3 is 2.50 bits per heavy atom. The number of aryl methyl sites for hydroxylation is 2. The Morgan fingerprint density at radius 1 is 1.05 bits per heavy atom. The van der Waals surface area contributed by atoms with E-state index in [-0.39, 0.29) is 25.8 Å². The van der Waals surface area contributed by atoms with Gasteiger partial charge in [0.1, 0.15) is 17.1 Å². The molecule has 2 unspecified atom stereocenters. The lowest BCUT2D eigenvalue weighted by atomic mass is 9.93. The number of hydrogen-bond donors (Lipinski definition) is 2. The van der Waals surface area contributed by atoms with Crippen LogP contribution in [0.4, 0.5) is 4.39 Å². The van der Waals surface area contributed by atoms with Crippen LogP contribution < -0.4 is 15.0 Å². The van der Waals surface area contributed by atoms with Crippen LogP contribution in [0.5, 0.6) is 11.6 Å². The summed E-state index contributed by atoms with van der Waals surface area (Å²) in [6.45, 7) is -0.0548. The summed E-state index contributed by atoms with van der Waals surface area (Å²) in [6, 6.07) is 12.9. The second-order valence-electron chi connectivity index (χ2n) is 8.74. The van der Waals surface area contributed by atoms with Gasteiger partial charge in [0.2, 0.25) is 5.88 Å². The van der Waals surface area contributed by atoms with Crippen molar-refractivity contribution in [2.24, 2.45) is 5.92 Å². The first-order valence-corrected chi connectivity index (χ1v) is 11.9. The molecule has 0 saturated carbocycles. The first-order valence-electron chi connectivity index (χ1n) is 11.9. The lowest BCUT2D eigenvalue weighted by Gasteiger charge is -2.19. The normalized spacial score (nSPS) is 12.7. The Kier molecular flexibility index (Phi) is 8.27. The summed E-state index contributed by atoms with van der Waals surface area (Å²) in [6.07, 6.45) is 0.422. The van der Waals surface area contributed by atoms with Gasteiger partial charge in [-0.25, -0.2) is 14.1 Å². The van der Waals surface area contributed by atoms with Crippen molar-refractivity contribution in [2.75, 3.05) is 14.2 Å². The van der Waals surface area contributed by atoms with Crippen LogP contribution in [-0.2, 0) is 17.8 Å². The molecule has 198 valence electrons. The number of nitrogens with zero attached hydrogens (tertiary/aromatic N) is 4. The highest BCUT2D eigenvalue weighted by atomic mass is 19.1.